The summed E-state index contributed by atoms with van der Waals surface area (Å²) in [6.45, 7) is 0. The van der Waals surface area contributed by atoms with Gasteiger partial charge in [0, 0.05) is 11.5 Å². The molecule has 0 spiro atoms. The fourth-order valence-corrected chi connectivity index (χ4v) is 3.53. The van der Waals surface area contributed by atoms with Gasteiger partial charge in [-0.1, -0.05) is 24.4 Å². The third-order valence-electron chi connectivity index (χ3n) is 3.76. The van der Waals surface area contributed by atoms with Gasteiger partial charge in [-0.15, -0.1) is 0 Å². The molecule has 0 unspecified atom stereocenters. The van der Waals surface area contributed by atoms with E-state index in [1.165, 1.54) is 18.9 Å². The van der Waals surface area contributed by atoms with Gasteiger partial charge < -0.3 is 0 Å². The molecule has 0 amide bonds. The molecule has 2 aromatic rings. The van der Waals surface area contributed by atoms with Gasteiger partial charge in [0.2, 0.25) is 0 Å². The molecule has 1 heterocycles. The van der Waals surface area contributed by atoms with Crippen LogP contribution in [0.5, 0.6) is 0 Å². The maximum Gasteiger partial charge on any atom is 0.161 e. The molecule has 21 heavy (non-hydrogen) atoms. The Morgan fingerprint density at radius 2 is 1.81 bits per heavy atom. The van der Waals surface area contributed by atoms with Gasteiger partial charge in [-0.25, -0.2) is 18.7 Å². The third kappa shape index (κ3) is 3.04. The first-order valence-corrected chi connectivity index (χ1v) is 8.20. The van der Waals surface area contributed by atoms with Gasteiger partial charge >= 0.3 is 0 Å². The number of halogens is 4. The van der Waals surface area contributed by atoms with Crippen LogP contribution in [0.2, 0.25) is 5.15 Å². The van der Waals surface area contributed by atoms with Crippen LogP contribution in [0.25, 0.3) is 11.4 Å². The second-order valence-electron chi connectivity index (χ2n) is 5.15. The standard InChI is InChI=1S/C15H12ClF2IN2/c16-14-12(19)13(8-3-1-2-4-8)20-15(21-14)9-5-6-10(17)11(18)7-9/h5-8H,1-4H2. The van der Waals surface area contributed by atoms with E-state index in [-0.39, 0.29) is 0 Å². The molecule has 0 atom stereocenters. The lowest BCUT2D eigenvalue weighted by atomic mass is 10.0. The van der Waals surface area contributed by atoms with E-state index in [0.29, 0.717) is 22.5 Å². The Hall–Kier alpha value is -0.820. The summed E-state index contributed by atoms with van der Waals surface area (Å²) in [5.74, 6) is -1.07. The van der Waals surface area contributed by atoms with Gasteiger partial charge in [-0.3, -0.25) is 0 Å². The van der Waals surface area contributed by atoms with E-state index in [4.69, 9.17) is 11.6 Å². The van der Waals surface area contributed by atoms with E-state index in [1.807, 2.05) is 0 Å². The molecule has 1 aliphatic rings. The summed E-state index contributed by atoms with van der Waals surface area (Å²) in [7, 11) is 0. The fraction of sp³-hybridized carbons (Fsp3) is 0.333. The number of hydrogen-bond acceptors (Lipinski definition) is 2. The Balaban J connectivity index is 2.08. The molecule has 1 aromatic heterocycles. The zero-order chi connectivity index (χ0) is 15.0. The molecular weight excluding hydrogens is 409 g/mol. The number of hydrogen-bond donors (Lipinski definition) is 0. The normalized spacial score (nSPS) is 15.6. The lowest BCUT2D eigenvalue weighted by molar-refractivity contribution is 0.509. The van der Waals surface area contributed by atoms with Crippen molar-refractivity contribution in [3.8, 4) is 11.4 Å². The monoisotopic (exact) mass is 420 g/mol. The van der Waals surface area contributed by atoms with Gasteiger partial charge in [0.05, 0.1) is 9.26 Å². The van der Waals surface area contributed by atoms with Crippen molar-refractivity contribution in [2.75, 3.05) is 0 Å². The van der Waals surface area contributed by atoms with Crippen molar-refractivity contribution in [1.29, 1.82) is 0 Å². The molecule has 1 aliphatic carbocycles. The molecule has 1 saturated carbocycles. The minimum absolute atomic E-state index is 0.348. The summed E-state index contributed by atoms with van der Waals surface area (Å²) in [6.07, 6.45) is 4.53. The van der Waals surface area contributed by atoms with Gasteiger partial charge in [0.25, 0.3) is 0 Å². The Bertz CT molecular complexity index is 688. The Kier molecular flexibility index (Phi) is 4.40. The van der Waals surface area contributed by atoms with Gasteiger partial charge in [-0.2, -0.15) is 0 Å². The molecule has 6 heteroatoms. The molecule has 110 valence electrons. The predicted molar refractivity (Wildman–Crippen MR) is 86.3 cm³/mol. The van der Waals surface area contributed by atoms with Crippen molar-refractivity contribution in [3.63, 3.8) is 0 Å². The summed E-state index contributed by atoms with van der Waals surface area (Å²) in [5.41, 5.74) is 1.36. The lowest BCUT2D eigenvalue weighted by Gasteiger charge is -2.13. The van der Waals surface area contributed by atoms with E-state index in [1.54, 1.807) is 0 Å². The average molecular weight is 421 g/mol. The first-order valence-electron chi connectivity index (χ1n) is 6.74. The molecule has 3 rings (SSSR count). The first kappa shape index (κ1) is 15.1. The molecule has 0 bridgehead atoms. The van der Waals surface area contributed by atoms with Gasteiger partial charge in [0.15, 0.2) is 17.5 Å². The highest BCUT2D eigenvalue weighted by atomic mass is 127. The van der Waals surface area contributed by atoms with E-state index in [2.05, 4.69) is 32.6 Å². The Morgan fingerprint density at radius 1 is 1.10 bits per heavy atom. The summed E-state index contributed by atoms with van der Waals surface area (Å²) < 4.78 is 27.3. The zero-order valence-electron chi connectivity index (χ0n) is 11.0. The number of rotatable bonds is 2. The molecule has 1 fully saturated rings. The number of benzene rings is 1. The highest BCUT2D eigenvalue weighted by molar-refractivity contribution is 14.1. The fourth-order valence-electron chi connectivity index (χ4n) is 2.67. The Labute approximate surface area is 140 Å². The summed E-state index contributed by atoms with van der Waals surface area (Å²) in [6, 6.07) is 3.65. The van der Waals surface area contributed by atoms with E-state index < -0.39 is 11.6 Å². The average Bonchev–Trinajstić information content (AvgIpc) is 2.98. The number of nitrogens with zero attached hydrogens (tertiary/aromatic N) is 2. The second-order valence-corrected chi connectivity index (χ2v) is 6.58. The molecule has 0 aliphatic heterocycles. The zero-order valence-corrected chi connectivity index (χ0v) is 14.0. The minimum atomic E-state index is -0.909. The van der Waals surface area contributed by atoms with Crippen LogP contribution in [0.15, 0.2) is 18.2 Å². The van der Waals surface area contributed by atoms with Crippen LogP contribution in [0, 0.1) is 15.2 Å². The van der Waals surface area contributed by atoms with Crippen molar-refractivity contribution >= 4 is 34.2 Å². The molecular formula is C15H12ClF2IN2. The third-order valence-corrected chi connectivity index (χ3v) is 5.41. The molecule has 2 nitrogen and oxygen atoms in total. The van der Waals surface area contributed by atoms with Crippen molar-refractivity contribution in [2.24, 2.45) is 0 Å². The minimum Gasteiger partial charge on any atom is -0.232 e. The van der Waals surface area contributed by atoms with Crippen molar-refractivity contribution in [3.05, 3.63) is 44.3 Å². The Morgan fingerprint density at radius 3 is 2.48 bits per heavy atom. The van der Waals surface area contributed by atoms with Crippen LogP contribution in [-0.4, -0.2) is 9.97 Å². The van der Waals surface area contributed by atoms with Crippen LogP contribution in [0.3, 0.4) is 0 Å². The lowest BCUT2D eigenvalue weighted by Crippen LogP contribution is -2.05. The van der Waals surface area contributed by atoms with Crippen LogP contribution in [-0.2, 0) is 0 Å². The van der Waals surface area contributed by atoms with Gasteiger partial charge in [-0.05, 0) is 53.6 Å². The predicted octanol–water partition coefficient (Wildman–Crippen LogP) is 5.34. The van der Waals surface area contributed by atoms with E-state index in [0.717, 1.165) is 34.2 Å². The summed E-state index contributed by atoms with van der Waals surface area (Å²) in [4.78, 5) is 8.77. The maximum atomic E-state index is 13.4. The van der Waals surface area contributed by atoms with Crippen LogP contribution >= 0.6 is 34.2 Å². The summed E-state index contributed by atoms with van der Waals surface area (Å²) >= 11 is 8.34. The van der Waals surface area contributed by atoms with Gasteiger partial charge in [0.1, 0.15) is 5.15 Å². The van der Waals surface area contributed by atoms with E-state index in [9.17, 15) is 8.78 Å². The molecule has 1 aromatic carbocycles. The maximum absolute atomic E-state index is 13.4. The van der Waals surface area contributed by atoms with Crippen LogP contribution in [0.4, 0.5) is 8.78 Å². The molecule has 0 radical (unpaired) electrons. The van der Waals surface area contributed by atoms with Crippen LogP contribution < -0.4 is 0 Å². The van der Waals surface area contributed by atoms with Crippen molar-refractivity contribution < 1.29 is 8.78 Å². The van der Waals surface area contributed by atoms with E-state index >= 15 is 0 Å². The van der Waals surface area contributed by atoms with Crippen molar-refractivity contribution in [1.82, 2.24) is 9.97 Å². The first-order chi connectivity index (χ1) is 10.1. The SMILES string of the molecule is Fc1ccc(-c2nc(Cl)c(I)c(C3CCCC3)n2)cc1F. The summed E-state index contributed by atoms with van der Waals surface area (Å²) in [5, 5.41) is 0.368. The largest absolute Gasteiger partial charge is 0.232 e. The topological polar surface area (TPSA) is 25.8 Å². The highest BCUT2D eigenvalue weighted by Gasteiger charge is 2.24. The smallest absolute Gasteiger partial charge is 0.161 e. The highest BCUT2D eigenvalue weighted by Crippen LogP contribution is 2.37. The quantitative estimate of drug-likeness (QED) is 0.484. The van der Waals surface area contributed by atoms with Crippen LogP contribution in [0.1, 0.15) is 37.3 Å². The molecule has 0 saturated heterocycles. The molecule has 0 N–H and O–H groups in total. The second kappa shape index (κ2) is 6.12. The van der Waals surface area contributed by atoms with Crippen molar-refractivity contribution in [2.45, 2.75) is 31.6 Å². The number of aromatic nitrogens is 2.